The van der Waals surface area contributed by atoms with Crippen molar-refractivity contribution in [1.82, 2.24) is 10.3 Å². The standard InChI is InChI=1S/C29H22FN3O2S2/c30-21-12-10-20(11-13-21)18-36-29-33-25-15-14-22(16-26(25)37-29)32-28(35)24-9-5-4-8-23(24)27(34)31-17-19-6-2-1-3-7-19/h1-16H,17-18H2,(H,31,34)(H,32,35). The van der Waals surface area contributed by atoms with Gasteiger partial charge in [-0.15, -0.1) is 11.3 Å². The molecule has 1 aromatic heterocycles. The molecule has 0 aliphatic carbocycles. The molecule has 0 radical (unpaired) electrons. The van der Waals surface area contributed by atoms with Gasteiger partial charge in [-0.1, -0.05) is 66.4 Å². The molecule has 1 heterocycles. The maximum absolute atomic E-state index is 13.1. The lowest BCUT2D eigenvalue weighted by Gasteiger charge is -2.11. The van der Waals surface area contributed by atoms with E-state index < -0.39 is 0 Å². The molecule has 0 aliphatic heterocycles. The minimum atomic E-state index is -0.361. The quantitative estimate of drug-likeness (QED) is 0.215. The minimum absolute atomic E-state index is 0.251. The molecule has 2 amide bonds. The van der Waals surface area contributed by atoms with Crippen LogP contribution >= 0.6 is 23.1 Å². The van der Waals surface area contributed by atoms with Crippen LogP contribution in [0.2, 0.25) is 0 Å². The number of aromatic nitrogens is 1. The zero-order valence-electron chi connectivity index (χ0n) is 19.6. The summed E-state index contributed by atoms with van der Waals surface area (Å²) in [5.74, 6) is -0.235. The van der Waals surface area contributed by atoms with Gasteiger partial charge in [-0.2, -0.15) is 0 Å². The Hall–Kier alpha value is -4.01. The van der Waals surface area contributed by atoms with Crippen molar-refractivity contribution in [2.24, 2.45) is 0 Å². The van der Waals surface area contributed by atoms with E-state index in [1.807, 2.05) is 42.5 Å². The van der Waals surface area contributed by atoms with Crippen LogP contribution in [0.25, 0.3) is 10.2 Å². The molecule has 4 aromatic carbocycles. The predicted molar refractivity (Wildman–Crippen MR) is 148 cm³/mol. The molecule has 0 saturated heterocycles. The number of hydrogen-bond donors (Lipinski definition) is 2. The van der Waals surface area contributed by atoms with E-state index in [0.29, 0.717) is 29.1 Å². The number of halogens is 1. The van der Waals surface area contributed by atoms with E-state index in [2.05, 4.69) is 15.6 Å². The third-order valence-electron chi connectivity index (χ3n) is 5.61. The first kappa shape index (κ1) is 24.7. The van der Waals surface area contributed by atoms with Gasteiger partial charge in [0.25, 0.3) is 11.8 Å². The number of carbonyl (C=O) groups is 2. The zero-order chi connectivity index (χ0) is 25.6. The van der Waals surface area contributed by atoms with Gasteiger partial charge in [-0.25, -0.2) is 9.37 Å². The summed E-state index contributed by atoms with van der Waals surface area (Å²) in [6, 6.07) is 28.3. The Bertz CT molecular complexity index is 1550. The van der Waals surface area contributed by atoms with E-state index in [1.165, 1.54) is 23.5 Å². The number of thioether (sulfide) groups is 1. The highest BCUT2D eigenvalue weighted by Gasteiger charge is 2.17. The Morgan fingerprint density at radius 3 is 2.27 bits per heavy atom. The highest BCUT2D eigenvalue weighted by molar-refractivity contribution is 8.00. The van der Waals surface area contributed by atoms with Gasteiger partial charge in [0.1, 0.15) is 5.82 Å². The van der Waals surface area contributed by atoms with E-state index >= 15 is 0 Å². The van der Waals surface area contributed by atoms with Gasteiger partial charge >= 0.3 is 0 Å². The van der Waals surface area contributed by atoms with Crippen molar-refractivity contribution in [2.75, 3.05) is 5.32 Å². The summed E-state index contributed by atoms with van der Waals surface area (Å²) in [4.78, 5) is 30.6. The van der Waals surface area contributed by atoms with Gasteiger partial charge in [-0.05, 0) is 53.6 Å². The van der Waals surface area contributed by atoms with Gasteiger partial charge < -0.3 is 10.6 Å². The molecule has 8 heteroatoms. The zero-order valence-corrected chi connectivity index (χ0v) is 21.2. The van der Waals surface area contributed by atoms with Crippen LogP contribution in [0.3, 0.4) is 0 Å². The maximum atomic E-state index is 13.1. The van der Waals surface area contributed by atoms with Crippen LogP contribution < -0.4 is 10.6 Å². The van der Waals surface area contributed by atoms with Crippen LogP contribution in [0, 0.1) is 5.82 Å². The van der Waals surface area contributed by atoms with E-state index in [-0.39, 0.29) is 17.6 Å². The van der Waals surface area contributed by atoms with Gasteiger partial charge in [0.2, 0.25) is 0 Å². The SMILES string of the molecule is O=C(NCc1ccccc1)c1ccccc1C(=O)Nc1ccc2nc(SCc3ccc(F)cc3)sc2c1. The van der Waals surface area contributed by atoms with Crippen LogP contribution in [0.15, 0.2) is 101 Å². The number of anilines is 1. The van der Waals surface area contributed by atoms with Crippen molar-refractivity contribution in [3.63, 3.8) is 0 Å². The van der Waals surface area contributed by atoms with Crippen LogP contribution in [0.1, 0.15) is 31.8 Å². The molecule has 0 saturated carbocycles. The number of fused-ring (bicyclic) bond motifs is 1. The lowest BCUT2D eigenvalue weighted by Crippen LogP contribution is -2.26. The number of benzene rings is 4. The second-order valence-corrected chi connectivity index (χ2v) is 10.5. The molecule has 0 aliphatic rings. The topological polar surface area (TPSA) is 71.1 Å². The third kappa shape index (κ3) is 6.22. The van der Waals surface area contributed by atoms with E-state index in [9.17, 15) is 14.0 Å². The summed E-state index contributed by atoms with van der Waals surface area (Å²) >= 11 is 3.11. The highest BCUT2D eigenvalue weighted by Crippen LogP contribution is 2.33. The molecule has 5 nitrogen and oxygen atoms in total. The van der Waals surface area contributed by atoms with E-state index in [1.54, 1.807) is 54.2 Å². The van der Waals surface area contributed by atoms with Crippen LogP contribution in [0.5, 0.6) is 0 Å². The van der Waals surface area contributed by atoms with Crippen molar-refractivity contribution in [2.45, 2.75) is 16.6 Å². The average molecular weight is 528 g/mol. The first-order valence-electron chi connectivity index (χ1n) is 11.6. The molecule has 184 valence electrons. The Balaban J connectivity index is 1.26. The van der Waals surface area contributed by atoms with Crippen LogP contribution in [-0.4, -0.2) is 16.8 Å². The predicted octanol–water partition coefficient (Wildman–Crippen LogP) is 6.91. The van der Waals surface area contributed by atoms with Crippen LogP contribution in [0.4, 0.5) is 10.1 Å². The van der Waals surface area contributed by atoms with Gasteiger partial charge in [0.15, 0.2) is 4.34 Å². The number of nitrogens with one attached hydrogen (secondary N) is 2. The second-order valence-electron chi connectivity index (χ2n) is 8.25. The second kappa shape index (κ2) is 11.4. The number of rotatable bonds is 8. The fourth-order valence-corrected chi connectivity index (χ4v) is 5.78. The van der Waals surface area contributed by atoms with Gasteiger partial charge in [-0.3, -0.25) is 9.59 Å². The van der Waals surface area contributed by atoms with Crippen molar-refractivity contribution in [3.8, 4) is 0 Å². The lowest BCUT2D eigenvalue weighted by molar-refractivity contribution is 0.0938. The minimum Gasteiger partial charge on any atom is -0.348 e. The Labute approximate surface area is 221 Å². The molecule has 0 unspecified atom stereocenters. The fraction of sp³-hybridized carbons (Fsp3) is 0.0690. The first-order valence-corrected chi connectivity index (χ1v) is 13.4. The Kier molecular flexibility index (Phi) is 7.58. The third-order valence-corrected chi connectivity index (χ3v) is 7.85. The number of amides is 2. The summed E-state index contributed by atoms with van der Waals surface area (Å²) in [5, 5.41) is 5.79. The van der Waals surface area contributed by atoms with Crippen molar-refractivity contribution in [1.29, 1.82) is 0 Å². The van der Waals surface area contributed by atoms with Gasteiger partial charge in [0.05, 0.1) is 21.3 Å². The largest absolute Gasteiger partial charge is 0.348 e. The van der Waals surface area contributed by atoms with Crippen molar-refractivity contribution < 1.29 is 14.0 Å². The molecule has 0 spiro atoms. The number of carbonyl (C=O) groups excluding carboxylic acids is 2. The molecule has 5 rings (SSSR count). The summed E-state index contributed by atoms with van der Waals surface area (Å²) in [6.45, 7) is 0.374. The maximum Gasteiger partial charge on any atom is 0.256 e. The monoisotopic (exact) mass is 527 g/mol. The lowest BCUT2D eigenvalue weighted by atomic mass is 10.1. The summed E-state index contributed by atoms with van der Waals surface area (Å²) < 4.78 is 14.9. The molecule has 0 bridgehead atoms. The van der Waals surface area contributed by atoms with Gasteiger partial charge in [0, 0.05) is 18.0 Å². The molecule has 5 aromatic rings. The number of hydrogen-bond acceptors (Lipinski definition) is 5. The molecular weight excluding hydrogens is 505 g/mol. The molecule has 0 atom stereocenters. The highest BCUT2D eigenvalue weighted by atomic mass is 32.2. The number of thiazole rings is 1. The van der Waals surface area contributed by atoms with Crippen molar-refractivity contribution in [3.05, 3.63) is 125 Å². The van der Waals surface area contributed by atoms with E-state index in [0.717, 1.165) is 25.7 Å². The molecule has 2 N–H and O–H groups in total. The van der Waals surface area contributed by atoms with Crippen LogP contribution in [-0.2, 0) is 12.3 Å². The summed E-state index contributed by atoms with van der Waals surface area (Å²) in [5.41, 5.74) is 4.07. The molecule has 0 fully saturated rings. The smallest absolute Gasteiger partial charge is 0.256 e. The number of nitrogens with zero attached hydrogens (tertiary/aromatic N) is 1. The Morgan fingerprint density at radius 2 is 1.51 bits per heavy atom. The van der Waals surface area contributed by atoms with E-state index in [4.69, 9.17) is 0 Å². The molecule has 37 heavy (non-hydrogen) atoms. The molecular formula is C29H22FN3O2S2. The van der Waals surface area contributed by atoms with Crippen molar-refractivity contribution >= 4 is 50.8 Å². The summed E-state index contributed by atoms with van der Waals surface area (Å²) in [7, 11) is 0. The summed E-state index contributed by atoms with van der Waals surface area (Å²) in [6.07, 6.45) is 0. The average Bonchev–Trinajstić information content (AvgIpc) is 3.34. The fourth-order valence-electron chi connectivity index (χ4n) is 3.72. The first-order chi connectivity index (χ1) is 18.0. The normalized spacial score (nSPS) is 10.8. The Morgan fingerprint density at radius 1 is 0.811 bits per heavy atom.